The van der Waals surface area contributed by atoms with Crippen LogP contribution in [0.15, 0.2) is 51.9 Å². The Labute approximate surface area is 114 Å². The zero-order valence-corrected chi connectivity index (χ0v) is 11.4. The lowest BCUT2D eigenvalue weighted by atomic mass is 10.2. The van der Waals surface area contributed by atoms with Gasteiger partial charge in [0.05, 0.1) is 12.8 Å². The van der Waals surface area contributed by atoms with Crippen LogP contribution in [0.4, 0.5) is 5.69 Å². The normalized spacial score (nSPS) is 10.8. The summed E-state index contributed by atoms with van der Waals surface area (Å²) < 4.78 is 6.01. The summed E-state index contributed by atoms with van der Waals surface area (Å²) in [6.45, 7) is 0. The first-order valence-corrected chi connectivity index (χ1v) is 6.15. The minimum Gasteiger partial charge on any atom is -0.507 e. The lowest BCUT2D eigenvalue weighted by Crippen LogP contribution is -1.83. The molecule has 4 heteroatoms. The van der Waals surface area contributed by atoms with Crippen LogP contribution in [-0.4, -0.2) is 18.4 Å². The van der Waals surface area contributed by atoms with E-state index in [1.165, 1.54) is 0 Å². The highest BCUT2D eigenvalue weighted by molar-refractivity contribution is 9.10. The first kappa shape index (κ1) is 12.6. The molecule has 2 aromatic carbocycles. The molecular weight excluding hydrogens is 294 g/mol. The third-order valence-corrected chi connectivity index (χ3v) is 2.89. The maximum absolute atomic E-state index is 9.68. The highest BCUT2D eigenvalue weighted by atomic mass is 79.9. The molecule has 0 radical (unpaired) electrons. The minimum atomic E-state index is 0.199. The molecule has 2 rings (SSSR count). The van der Waals surface area contributed by atoms with Crippen molar-refractivity contribution in [3.63, 3.8) is 0 Å². The Bertz CT molecular complexity index is 582. The van der Waals surface area contributed by atoms with Crippen molar-refractivity contribution in [2.45, 2.75) is 0 Å². The molecule has 1 N–H and O–H groups in total. The summed E-state index contributed by atoms with van der Waals surface area (Å²) in [5, 5.41) is 9.68. The third kappa shape index (κ3) is 3.11. The molecular formula is C14H12BrNO2. The number of phenolic OH excluding ortho intramolecular Hbond substituents is 1. The van der Waals surface area contributed by atoms with Gasteiger partial charge in [-0.2, -0.15) is 0 Å². The monoisotopic (exact) mass is 305 g/mol. The van der Waals surface area contributed by atoms with E-state index in [0.29, 0.717) is 5.56 Å². The van der Waals surface area contributed by atoms with Crippen LogP contribution >= 0.6 is 15.9 Å². The van der Waals surface area contributed by atoms with Gasteiger partial charge in [-0.25, -0.2) is 0 Å². The molecule has 0 fully saturated rings. The number of hydrogen-bond acceptors (Lipinski definition) is 3. The zero-order chi connectivity index (χ0) is 13.0. The van der Waals surface area contributed by atoms with Crippen molar-refractivity contribution in [2.75, 3.05) is 7.11 Å². The molecule has 0 atom stereocenters. The Hall–Kier alpha value is -1.81. The number of rotatable bonds is 3. The zero-order valence-electron chi connectivity index (χ0n) is 9.80. The van der Waals surface area contributed by atoms with Gasteiger partial charge in [0.2, 0.25) is 0 Å². The lowest BCUT2D eigenvalue weighted by molar-refractivity contribution is 0.415. The predicted molar refractivity (Wildman–Crippen MR) is 76.1 cm³/mol. The molecule has 0 unspecified atom stereocenters. The largest absolute Gasteiger partial charge is 0.507 e. The topological polar surface area (TPSA) is 41.8 Å². The van der Waals surface area contributed by atoms with Crippen molar-refractivity contribution in [3.8, 4) is 11.5 Å². The van der Waals surface area contributed by atoms with Gasteiger partial charge in [0.15, 0.2) is 0 Å². The molecule has 2 aromatic rings. The molecule has 0 saturated carbocycles. The molecule has 92 valence electrons. The molecule has 0 aromatic heterocycles. The van der Waals surface area contributed by atoms with Gasteiger partial charge in [-0.3, -0.25) is 4.99 Å². The molecule has 0 saturated heterocycles. The van der Waals surface area contributed by atoms with E-state index in [2.05, 4.69) is 20.9 Å². The highest BCUT2D eigenvalue weighted by Crippen LogP contribution is 2.23. The number of halogens is 1. The minimum absolute atomic E-state index is 0.199. The number of aromatic hydroxyl groups is 1. The summed E-state index contributed by atoms with van der Waals surface area (Å²) in [6, 6.07) is 12.6. The van der Waals surface area contributed by atoms with Crippen molar-refractivity contribution in [1.29, 1.82) is 0 Å². The Morgan fingerprint density at radius 3 is 2.83 bits per heavy atom. The van der Waals surface area contributed by atoms with Gasteiger partial charge in [-0.05, 0) is 30.3 Å². The Morgan fingerprint density at radius 1 is 1.22 bits per heavy atom. The maximum atomic E-state index is 9.68. The average Bonchev–Trinajstić information content (AvgIpc) is 2.40. The van der Waals surface area contributed by atoms with Gasteiger partial charge >= 0.3 is 0 Å². The van der Waals surface area contributed by atoms with E-state index in [1.54, 1.807) is 31.5 Å². The molecule has 0 heterocycles. The summed E-state index contributed by atoms with van der Waals surface area (Å²) in [5.74, 6) is 0.952. The standard InChI is InChI=1S/C14H12BrNO2/c1-18-13-4-2-3-12(8-13)16-9-10-7-11(15)5-6-14(10)17/h2-9,17H,1H3. The molecule has 3 nitrogen and oxygen atoms in total. The van der Waals surface area contributed by atoms with Crippen molar-refractivity contribution in [2.24, 2.45) is 4.99 Å². The smallest absolute Gasteiger partial charge is 0.124 e. The van der Waals surface area contributed by atoms with Crippen LogP contribution < -0.4 is 4.74 Å². The van der Waals surface area contributed by atoms with Gasteiger partial charge in [-0.15, -0.1) is 0 Å². The maximum Gasteiger partial charge on any atom is 0.124 e. The quantitative estimate of drug-likeness (QED) is 0.873. The van der Waals surface area contributed by atoms with Gasteiger partial charge in [-0.1, -0.05) is 22.0 Å². The van der Waals surface area contributed by atoms with Crippen LogP contribution in [0, 0.1) is 0 Å². The fourth-order valence-corrected chi connectivity index (χ4v) is 1.84. The number of methoxy groups -OCH3 is 1. The number of benzene rings is 2. The van der Waals surface area contributed by atoms with E-state index in [1.807, 2.05) is 24.3 Å². The Morgan fingerprint density at radius 2 is 2.06 bits per heavy atom. The molecule has 0 bridgehead atoms. The van der Waals surface area contributed by atoms with E-state index >= 15 is 0 Å². The Balaban J connectivity index is 2.26. The van der Waals surface area contributed by atoms with E-state index in [0.717, 1.165) is 15.9 Å². The summed E-state index contributed by atoms with van der Waals surface area (Å²) >= 11 is 3.35. The molecule has 0 aliphatic carbocycles. The average molecular weight is 306 g/mol. The summed E-state index contributed by atoms with van der Waals surface area (Å²) in [6.07, 6.45) is 1.62. The van der Waals surface area contributed by atoms with Crippen molar-refractivity contribution < 1.29 is 9.84 Å². The van der Waals surface area contributed by atoms with Gasteiger partial charge < -0.3 is 9.84 Å². The SMILES string of the molecule is COc1cccc(N=Cc2cc(Br)ccc2O)c1. The number of aliphatic imine (C=N–C) groups is 1. The molecule has 0 spiro atoms. The second-order valence-electron chi connectivity index (χ2n) is 3.66. The number of hydrogen-bond donors (Lipinski definition) is 1. The molecule has 0 amide bonds. The van der Waals surface area contributed by atoms with Gasteiger partial charge in [0.25, 0.3) is 0 Å². The van der Waals surface area contributed by atoms with Crippen molar-refractivity contribution >= 4 is 27.8 Å². The van der Waals surface area contributed by atoms with Crippen LogP contribution in [0.2, 0.25) is 0 Å². The number of phenols is 1. The van der Waals surface area contributed by atoms with Crippen LogP contribution in [0.25, 0.3) is 0 Å². The summed E-state index contributed by atoms with van der Waals surface area (Å²) in [7, 11) is 1.61. The van der Waals surface area contributed by atoms with Crippen LogP contribution in [-0.2, 0) is 0 Å². The second-order valence-corrected chi connectivity index (χ2v) is 4.58. The molecule has 18 heavy (non-hydrogen) atoms. The lowest BCUT2D eigenvalue weighted by Gasteiger charge is -2.01. The third-order valence-electron chi connectivity index (χ3n) is 2.40. The van der Waals surface area contributed by atoms with E-state index in [-0.39, 0.29) is 5.75 Å². The first-order valence-electron chi connectivity index (χ1n) is 5.35. The summed E-state index contributed by atoms with van der Waals surface area (Å²) in [5.41, 5.74) is 1.43. The van der Waals surface area contributed by atoms with Crippen molar-refractivity contribution in [3.05, 3.63) is 52.5 Å². The fraction of sp³-hybridized carbons (Fsp3) is 0.0714. The van der Waals surface area contributed by atoms with Crippen LogP contribution in [0.3, 0.4) is 0 Å². The van der Waals surface area contributed by atoms with Crippen LogP contribution in [0.1, 0.15) is 5.56 Å². The van der Waals surface area contributed by atoms with Crippen molar-refractivity contribution in [1.82, 2.24) is 0 Å². The number of nitrogens with zero attached hydrogens (tertiary/aromatic N) is 1. The fourth-order valence-electron chi connectivity index (χ4n) is 1.46. The van der Waals surface area contributed by atoms with Crippen LogP contribution in [0.5, 0.6) is 11.5 Å². The Kier molecular flexibility index (Phi) is 3.99. The van der Waals surface area contributed by atoms with E-state index < -0.39 is 0 Å². The summed E-state index contributed by atoms with van der Waals surface area (Å²) in [4.78, 5) is 4.30. The first-order chi connectivity index (χ1) is 8.69. The van der Waals surface area contributed by atoms with E-state index in [9.17, 15) is 5.11 Å². The number of ether oxygens (including phenoxy) is 1. The highest BCUT2D eigenvalue weighted by Gasteiger charge is 1.99. The van der Waals surface area contributed by atoms with E-state index in [4.69, 9.17) is 4.74 Å². The second kappa shape index (κ2) is 5.69. The predicted octanol–water partition coefficient (Wildman–Crippen LogP) is 3.91. The van der Waals surface area contributed by atoms with Gasteiger partial charge in [0.1, 0.15) is 11.5 Å². The molecule has 0 aliphatic rings. The van der Waals surface area contributed by atoms with Gasteiger partial charge in [0, 0.05) is 22.3 Å². The molecule has 0 aliphatic heterocycles.